The van der Waals surface area contributed by atoms with Gasteiger partial charge in [-0.3, -0.25) is 0 Å². The van der Waals surface area contributed by atoms with Crippen LogP contribution in [0.3, 0.4) is 0 Å². The van der Waals surface area contributed by atoms with E-state index in [1.807, 2.05) is 13.8 Å². The normalized spacial score (nSPS) is 11.8. The Morgan fingerprint density at radius 3 is 2.35 bits per heavy atom. The van der Waals surface area contributed by atoms with Crippen LogP contribution in [0.5, 0.6) is 0 Å². The highest BCUT2D eigenvalue weighted by molar-refractivity contribution is 6.31. The molecule has 0 saturated heterocycles. The van der Waals surface area contributed by atoms with Gasteiger partial charge in [0.05, 0.1) is 10.6 Å². The van der Waals surface area contributed by atoms with Crippen LogP contribution in [0.4, 0.5) is 4.39 Å². The molecule has 0 aliphatic carbocycles. The number of aliphatic hydroxyl groups is 1. The molecule has 96 valence electrons. The van der Waals surface area contributed by atoms with Crippen LogP contribution in [0, 0.1) is 5.82 Å². The quantitative estimate of drug-likeness (QED) is 0.804. The van der Waals surface area contributed by atoms with Crippen molar-refractivity contribution >= 4 is 11.6 Å². The number of hydrogen-bond donors (Lipinski definition) is 1. The Labute approximate surface area is 108 Å². The van der Waals surface area contributed by atoms with Crippen LogP contribution in [0.2, 0.25) is 5.02 Å². The van der Waals surface area contributed by atoms with E-state index in [1.165, 1.54) is 6.07 Å². The molecular weight excluding hydrogens is 239 g/mol. The summed E-state index contributed by atoms with van der Waals surface area (Å²) in [5.74, 6) is -0.417. The van der Waals surface area contributed by atoms with Crippen molar-refractivity contribution in [1.29, 1.82) is 0 Å². The number of rotatable bonds is 6. The molecule has 0 spiro atoms. The van der Waals surface area contributed by atoms with E-state index in [-0.39, 0.29) is 5.02 Å². The maximum atomic E-state index is 13.3. The molecule has 0 atom stereocenters. The van der Waals surface area contributed by atoms with Crippen molar-refractivity contribution < 1.29 is 9.50 Å². The minimum Gasteiger partial charge on any atom is -0.390 e. The molecule has 0 aromatic heterocycles. The van der Waals surface area contributed by atoms with Crippen LogP contribution in [0.25, 0.3) is 0 Å². The third-order valence-electron chi connectivity index (χ3n) is 2.98. The summed E-state index contributed by atoms with van der Waals surface area (Å²) in [6, 6.07) is 4.75. The smallest absolute Gasteiger partial charge is 0.142 e. The van der Waals surface area contributed by atoms with Crippen molar-refractivity contribution in [3.05, 3.63) is 34.6 Å². The summed E-state index contributed by atoms with van der Waals surface area (Å²) < 4.78 is 13.3. The van der Waals surface area contributed by atoms with Crippen LogP contribution >= 0.6 is 11.6 Å². The molecule has 0 heterocycles. The predicted octanol–water partition coefficient (Wildman–Crippen LogP) is 4.35. The second-order valence-corrected chi connectivity index (χ2v) is 4.99. The Balaban J connectivity index is 2.89. The molecule has 0 unspecified atom stereocenters. The lowest BCUT2D eigenvalue weighted by Crippen LogP contribution is -2.31. The van der Waals surface area contributed by atoms with E-state index in [1.54, 1.807) is 12.1 Å². The average molecular weight is 259 g/mol. The Morgan fingerprint density at radius 2 is 1.82 bits per heavy atom. The summed E-state index contributed by atoms with van der Waals surface area (Å²) in [4.78, 5) is 0. The van der Waals surface area contributed by atoms with Gasteiger partial charge in [-0.25, -0.2) is 4.39 Å². The van der Waals surface area contributed by atoms with Crippen molar-refractivity contribution in [2.45, 2.75) is 51.6 Å². The molecule has 0 amide bonds. The van der Waals surface area contributed by atoms with Crippen LogP contribution in [0.1, 0.15) is 45.1 Å². The fourth-order valence-corrected chi connectivity index (χ4v) is 2.46. The SMILES string of the molecule is CCCC(O)(CCC)Cc1cccc(F)c1Cl. The van der Waals surface area contributed by atoms with Gasteiger partial charge in [0.25, 0.3) is 0 Å². The molecule has 17 heavy (non-hydrogen) atoms. The van der Waals surface area contributed by atoms with Crippen molar-refractivity contribution in [2.75, 3.05) is 0 Å². The first kappa shape index (κ1) is 14.5. The Bertz CT molecular complexity index is 359. The summed E-state index contributed by atoms with van der Waals surface area (Å²) in [6.07, 6.45) is 3.67. The highest BCUT2D eigenvalue weighted by Gasteiger charge is 2.26. The average Bonchev–Trinajstić information content (AvgIpc) is 2.25. The second kappa shape index (κ2) is 6.36. The molecule has 0 fully saturated rings. The molecule has 1 rings (SSSR count). The molecule has 1 N–H and O–H groups in total. The monoisotopic (exact) mass is 258 g/mol. The number of halogens is 2. The van der Waals surface area contributed by atoms with Gasteiger partial charge in [0.15, 0.2) is 0 Å². The highest BCUT2D eigenvalue weighted by atomic mass is 35.5. The van der Waals surface area contributed by atoms with Gasteiger partial charge in [-0.15, -0.1) is 0 Å². The van der Waals surface area contributed by atoms with Gasteiger partial charge in [0, 0.05) is 6.42 Å². The Kier molecular flexibility index (Phi) is 5.41. The van der Waals surface area contributed by atoms with Gasteiger partial charge in [0.1, 0.15) is 5.82 Å². The summed E-state index contributed by atoms with van der Waals surface area (Å²) in [5, 5.41) is 10.6. The molecule has 0 aliphatic rings. The lowest BCUT2D eigenvalue weighted by Gasteiger charge is -2.28. The van der Waals surface area contributed by atoms with Gasteiger partial charge in [-0.1, -0.05) is 50.4 Å². The van der Waals surface area contributed by atoms with E-state index in [4.69, 9.17) is 11.6 Å². The van der Waals surface area contributed by atoms with Gasteiger partial charge < -0.3 is 5.11 Å². The summed E-state index contributed by atoms with van der Waals surface area (Å²) in [5.41, 5.74) is -0.0722. The summed E-state index contributed by atoms with van der Waals surface area (Å²) >= 11 is 5.91. The first-order chi connectivity index (χ1) is 8.02. The summed E-state index contributed by atoms with van der Waals surface area (Å²) in [6.45, 7) is 4.07. The minimum absolute atomic E-state index is 0.137. The van der Waals surface area contributed by atoms with E-state index < -0.39 is 11.4 Å². The minimum atomic E-state index is -0.763. The predicted molar refractivity (Wildman–Crippen MR) is 69.9 cm³/mol. The van der Waals surface area contributed by atoms with E-state index in [2.05, 4.69) is 0 Å². The van der Waals surface area contributed by atoms with Crippen LogP contribution in [0.15, 0.2) is 18.2 Å². The molecule has 3 heteroatoms. The molecule has 1 nitrogen and oxygen atoms in total. The third-order valence-corrected chi connectivity index (χ3v) is 3.41. The van der Waals surface area contributed by atoms with E-state index in [0.29, 0.717) is 24.8 Å². The van der Waals surface area contributed by atoms with Crippen molar-refractivity contribution in [3.63, 3.8) is 0 Å². The molecule has 1 aromatic rings. The highest BCUT2D eigenvalue weighted by Crippen LogP contribution is 2.29. The van der Waals surface area contributed by atoms with Gasteiger partial charge >= 0.3 is 0 Å². The lowest BCUT2D eigenvalue weighted by atomic mass is 9.86. The fraction of sp³-hybridized carbons (Fsp3) is 0.571. The summed E-state index contributed by atoms with van der Waals surface area (Å²) in [7, 11) is 0. The zero-order valence-electron chi connectivity index (χ0n) is 10.5. The van der Waals surface area contributed by atoms with Gasteiger partial charge in [-0.2, -0.15) is 0 Å². The maximum Gasteiger partial charge on any atom is 0.142 e. The lowest BCUT2D eigenvalue weighted by molar-refractivity contribution is 0.0216. The first-order valence-electron chi connectivity index (χ1n) is 6.17. The zero-order valence-corrected chi connectivity index (χ0v) is 11.2. The largest absolute Gasteiger partial charge is 0.390 e. The Morgan fingerprint density at radius 1 is 1.24 bits per heavy atom. The standard InChI is InChI=1S/C14H20ClFO/c1-3-8-14(17,9-4-2)10-11-6-5-7-12(16)13(11)15/h5-7,17H,3-4,8-10H2,1-2H3. The number of benzene rings is 1. The third kappa shape index (κ3) is 3.97. The van der Waals surface area contributed by atoms with Gasteiger partial charge in [0.2, 0.25) is 0 Å². The zero-order chi connectivity index (χ0) is 12.9. The van der Waals surface area contributed by atoms with Crippen molar-refractivity contribution in [1.82, 2.24) is 0 Å². The molecule has 0 bridgehead atoms. The van der Waals surface area contributed by atoms with Crippen LogP contribution in [-0.4, -0.2) is 10.7 Å². The topological polar surface area (TPSA) is 20.2 Å². The molecule has 0 aliphatic heterocycles. The van der Waals surface area contributed by atoms with Crippen molar-refractivity contribution in [3.8, 4) is 0 Å². The van der Waals surface area contributed by atoms with Crippen LogP contribution in [-0.2, 0) is 6.42 Å². The van der Waals surface area contributed by atoms with E-state index >= 15 is 0 Å². The van der Waals surface area contributed by atoms with Gasteiger partial charge in [-0.05, 0) is 24.5 Å². The molecule has 1 aromatic carbocycles. The van der Waals surface area contributed by atoms with E-state index in [9.17, 15) is 9.50 Å². The van der Waals surface area contributed by atoms with E-state index in [0.717, 1.165) is 12.8 Å². The number of hydrogen-bond acceptors (Lipinski definition) is 1. The first-order valence-corrected chi connectivity index (χ1v) is 6.55. The Hall–Kier alpha value is -0.600. The van der Waals surface area contributed by atoms with Crippen LogP contribution < -0.4 is 0 Å². The van der Waals surface area contributed by atoms with Crippen molar-refractivity contribution in [2.24, 2.45) is 0 Å². The maximum absolute atomic E-state index is 13.3. The molecule has 0 saturated carbocycles. The molecule has 0 radical (unpaired) electrons. The molecular formula is C14H20ClFO. The second-order valence-electron chi connectivity index (χ2n) is 4.61. The fourth-order valence-electron chi connectivity index (χ4n) is 2.27.